The lowest BCUT2D eigenvalue weighted by molar-refractivity contribution is 0.144. The summed E-state index contributed by atoms with van der Waals surface area (Å²) < 4.78 is 4.55. The number of carboxylic acid groups (broad SMARTS) is 1. The molecule has 0 unspecified atom stereocenters. The molecule has 0 aromatic heterocycles. The molecular weight excluding hydrogens is 182 g/mol. The molecule has 0 heterocycles. The number of carbonyl (C=O) groups is 1. The number of rotatable bonds is 3. The molecule has 0 spiro atoms. The molecular formula is C10H9NO3. The second kappa shape index (κ2) is 4.87. The van der Waals surface area contributed by atoms with Crippen LogP contribution in [0, 0.1) is 11.3 Å². The van der Waals surface area contributed by atoms with E-state index in [0.717, 1.165) is 5.56 Å². The van der Waals surface area contributed by atoms with Gasteiger partial charge < -0.3 is 9.84 Å². The van der Waals surface area contributed by atoms with Gasteiger partial charge in [-0.05, 0) is 18.1 Å². The molecule has 0 aliphatic rings. The summed E-state index contributed by atoms with van der Waals surface area (Å²) in [6.45, 7) is 0. The number of benzene rings is 1. The lowest BCUT2D eigenvalue weighted by atomic mass is 10.1. The SMILES string of the molecule is N#CCCc1ccccc1OC(=O)O. The Hall–Kier alpha value is -2.02. The van der Waals surface area contributed by atoms with Crippen molar-refractivity contribution in [2.24, 2.45) is 0 Å². The first kappa shape index (κ1) is 10.1. The van der Waals surface area contributed by atoms with Gasteiger partial charge in [0.25, 0.3) is 0 Å². The molecule has 0 aliphatic heterocycles. The van der Waals surface area contributed by atoms with Crippen LogP contribution in [0.4, 0.5) is 4.79 Å². The molecule has 4 heteroatoms. The fourth-order valence-corrected chi connectivity index (χ4v) is 1.09. The van der Waals surface area contributed by atoms with Crippen molar-refractivity contribution >= 4 is 6.16 Å². The van der Waals surface area contributed by atoms with E-state index >= 15 is 0 Å². The van der Waals surface area contributed by atoms with Gasteiger partial charge >= 0.3 is 6.16 Å². The summed E-state index contributed by atoms with van der Waals surface area (Å²) in [7, 11) is 0. The van der Waals surface area contributed by atoms with E-state index in [0.29, 0.717) is 18.6 Å². The Bertz CT molecular complexity index is 368. The summed E-state index contributed by atoms with van der Waals surface area (Å²) >= 11 is 0. The second-order valence-corrected chi connectivity index (χ2v) is 2.63. The van der Waals surface area contributed by atoms with Gasteiger partial charge in [0.2, 0.25) is 0 Å². The molecule has 0 radical (unpaired) electrons. The maximum atomic E-state index is 10.3. The van der Waals surface area contributed by atoms with Crippen LogP contribution in [0.1, 0.15) is 12.0 Å². The molecule has 1 N–H and O–H groups in total. The van der Waals surface area contributed by atoms with E-state index in [4.69, 9.17) is 10.4 Å². The van der Waals surface area contributed by atoms with Crippen LogP contribution in [-0.4, -0.2) is 11.3 Å². The molecule has 1 aromatic carbocycles. The standard InChI is InChI=1S/C10H9NO3/c11-7-3-5-8-4-1-2-6-9(8)14-10(12)13/h1-2,4,6H,3,5H2,(H,12,13). The highest BCUT2D eigenvalue weighted by atomic mass is 16.7. The Balaban J connectivity index is 2.81. The van der Waals surface area contributed by atoms with Crippen molar-refractivity contribution in [2.75, 3.05) is 0 Å². The van der Waals surface area contributed by atoms with Gasteiger partial charge in [-0.1, -0.05) is 18.2 Å². The molecule has 0 fully saturated rings. The first-order valence-corrected chi connectivity index (χ1v) is 4.09. The monoisotopic (exact) mass is 191 g/mol. The molecule has 4 nitrogen and oxygen atoms in total. The Kier molecular flexibility index (Phi) is 3.50. The van der Waals surface area contributed by atoms with Crippen molar-refractivity contribution in [3.8, 4) is 11.8 Å². The minimum Gasteiger partial charge on any atom is -0.449 e. The van der Waals surface area contributed by atoms with Gasteiger partial charge in [-0.2, -0.15) is 5.26 Å². The number of ether oxygens (including phenoxy) is 1. The highest BCUT2D eigenvalue weighted by molar-refractivity contribution is 5.62. The summed E-state index contributed by atoms with van der Waals surface area (Å²) in [4.78, 5) is 10.3. The van der Waals surface area contributed by atoms with Crippen molar-refractivity contribution < 1.29 is 14.6 Å². The predicted molar refractivity (Wildman–Crippen MR) is 49.0 cm³/mol. The van der Waals surface area contributed by atoms with Gasteiger partial charge in [-0.3, -0.25) is 0 Å². The van der Waals surface area contributed by atoms with Crippen molar-refractivity contribution in [2.45, 2.75) is 12.8 Å². The first-order chi connectivity index (χ1) is 6.74. The van der Waals surface area contributed by atoms with E-state index in [2.05, 4.69) is 4.74 Å². The Morgan fingerprint density at radius 3 is 2.86 bits per heavy atom. The fraction of sp³-hybridized carbons (Fsp3) is 0.200. The number of hydrogen-bond donors (Lipinski definition) is 1. The maximum Gasteiger partial charge on any atom is 0.511 e. The molecule has 72 valence electrons. The maximum absolute atomic E-state index is 10.3. The third-order valence-electron chi connectivity index (χ3n) is 1.68. The molecule has 1 rings (SSSR count). The van der Waals surface area contributed by atoms with Gasteiger partial charge in [0.1, 0.15) is 5.75 Å². The van der Waals surface area contributed by atoms with Gasteiger partial charge in [0.15, 0.2) is 0 Å². The van der Waals surface area contributed by atoms with E-state index in [1.54, 1.807) is 24.3 Å². The minimum atomic E-state index is -1.34. The third-order valence-corrected chi connectivity index (χ3v) is 1.68. The van der Waals surface area contributed by atoms with Gasteiger partial charge in [-0.15, -0.1) is 0 Å². The average molecular weight is 191 g/mol. The zero-order valence-corrected chi connectivity index (χ0v) is 7.43. The Morgan fingerprint density at radius 1 is 1.50 bits per heavy atom. The lowest BCUT2D eigenvalue weighted by Crippen LogP contribution is -2.05. The Morgan fingerprint density at radius 2 is 2.21 bits per heavy atom. The van der Waals surface area contributed by atoms with Gasteiger partial charge in [0.05, 0.1) is 6.07 Å². The van der Waals surface area contributed by atoms with Crippen molar-refractivity contribution in [1.82, 2.24) is 0 Å². The summed E-state index contributed by atoms with van der Waals surface area (Å²) in [6, 6.07) is 8.78. The van der Waals surface area contributed by atoms with E-state index < -0.39 is 6.16 Å². The van der Waals surface area contributed by atoms with Crippen molar-refractivity contribution in [1.29, 1.82) is 5.26 Å². The van der Waals surface area contributed by atoms with Gasteiger partial charge in [0, 0.05) is 6.42 Å². The van der Waals surface area contributed by atoms with E-state index in [1.165, 1.54) is 0 Å². The highest BCUT2D eigenvalue weighted by Crippen LogP contribution is 2.19. The zero-order chi connectivity index (χ0) is 10.4. The van der Waals surface area contributed by atoms with Crippen LogP contribution in [0.3, 0.4) is 0 Å². The van der Waals surface area contributed by atoms with E-state index in [9.17, 15) is 4.79 Å². The number of hydrogen-bond acceptors (Lipinski definition) is 3. The minimum absolute atomic E-state index is 0.301. The van der Waals surface area contributed by atoms with Crippen LogP contribution in [0.15, 0.2) is 24.3 Å². The molecule has 0 saturated carbocycles. The summed E-state index contributed by atoms with van der Waals surface area (Å²) in [5.74, 6) is 0.301. The van der Waals surface area contributed by atoms with Crippen molar-refractivity contribution in [3.05, 3.63) is 29.8 Å². The molecule has 1 aromatic rings. The van der Waals surface area contributed by atoms with E-state index in [-0.39, 0.29) is 0 Å². The average Bonchev–Trinajstić information content (AvgIpc) is 2.16. The third kappa shape index (κ3) is 2.79. The molecule has 14 heavy (non-hydrogen) atoms. The summed E-state index contributed by atoms with van der Waals surface area (Å²) in [5, 5.41) is 16.8. The highest BCUT2D eigenvalue weighted by Gasteiger charge is 2.05. The normalized spacial score (nSPS) is 9.07. The van der Waals surface area contributed by atoms with Crippen molar-refractivity contribution in [3.63, 3.8) is 0 Å². The van der Waals surface area contributed by atoms with Crippen LogP contribution in [-0.2, 0) is 6.42 Å². The van der Waals surface area contributed by atoms with Crippen LogP contribution in [0.2, 0.25) is 0 Å². The summed E-state index contributed by atoms with van der Waals surface area (Å²) in [6.07, 6.45) is -0.491. The van der Waals surface area contributed by atoms with Crippen LogP contribution in [0.25, 0.3) is 0 Å². The summed E-state index contributed by atoms with van der Waals surface area (Å²) in [5.41, 5.74) is 0.733. The van der Waals surface area contributed by atoms with Crippen LogP contribution < -0.4 is 4.74 Å². The molecule has 0 amide bonds. The number of para-hydroxylation sites is 1. The van der Waals surface area contributed by atoms with Crippen LogP contribution in [0.5, 0.6) is 5.75 Å². The molecule has 0 atom stereocenters. The Labute approximate surface area is 81.4 Å². The molecule has 0 aliphatic carbocycles. The molecule has 0 bridgehead atoms. The predicted octanol–water partition coefficient (Wildman–Crippen LogP) is 2.20. The zero-order valence-electron chi connectivity index (χ0n) is 7.43. The number of nitrogens with zero attached hydrogens (tertiary/aromatic N) is 1. The van der Waals surface area contributed by atoms with E-state index in [1.807, 2.05) is 6.07 Å². The molecule has 0 saturated heterocycles. The topological polar surface area (TPSA) is 70.3 Å². The number of aryl methyl sites for hydroxylation is 1. The fourth-order valence-electron chi connectivity index (χ4n) is 1.09. The lowest BCUT2D eigenvalue weighted by Gasteiger charge is -2.05. The largest absolute Gasteiger partial charge is 0.511 e. The van der Waals surface area contributed by atoms with Crippen LogP contribution >= 0.6 is 0 Å². The number of nitriles is 1. The second-order valence-electron chi connectivity index (χ2n) is 2.63. The van der Waals surface area contributed by atoms with Gasteiger partial charge in [-0.25, -0.2) is 4.79 Å². The first-order valence-electron chi connectivity index (χ1n) is 4.09. The quantitative estimate of drug-likeness (QED) is 0.587. The smallest absolute Gasteiger partial charge is 0.449 e.